The van der Waals surface area contributed by atoms with E-state index in [1.54, 1.807) is 6.20 Å². The molecular weight excluding hydrogens is 244 g/mol. The third-order valence-corrected chi connectivity index (χ3v) is 3.55. The first-order valence-electron chi connectivity index (χ1n) is 6.57. The number of hydrogen-bond acceptors (Lipinski definition) is 6. The molecule has 3 rings (SSSR count). The standard InChI is InChI=1S/C13H16N4O2/c14-6-10-7-16-13(8-15-10)17-3-5-19-12(9-17)11-2-1-4-18-11/h7-8,11-12H,1-5,9H2. The summed E-state index contributed by atoms with van der Waals surface area (Å²) in [7, 11) is 0. The maximum Gasteiger partial charge on any atom is 0.158 e. The van der Waals surface area contributed by atoms with Gasteiger partial charge in [-0.1, -0.05) is 0 Å². The van der Waals surface area contributed by atoms with Crippen molar-refractivity contribution in [3.8, 4) is 6.07 Å². The predicted molar refractivity (Wildman–Crippen MR) is 67.7 cm³/mol. The fourth-order valence-electron chi connectivity index (χ4n) is 2.55. The lowest BCUT2D eigenvalue weighted by Gasteiger charge is -2.35. The van der Waals surface area contributed by atoms with Crippen molar-refractivity contribution in [3.63, 3.8) is 0 Å². The van der Waals surface area contributed by atoms with E-state index in [-0.39, 0.29) is 12.2 Å². The van der Waals surface area contributed by atoms with Crippen molar-refractivity contribution in [2.24, 2.45) is 0 Å². The Labute approximate surface area is 112 Å². The van der Waals surface area contributed by atoms with Gasteiger partial charge in [0.05, 0.1) is 25.1 Å². The molecule has 100 valence electrons. The van der Waals surface area contributed by atoms with Crippen LogP contribution in [-0.2, 0) is 9.47 Å². The van der Waals surface area contributed by atoms with Gasteiger partial charge in [-0.3, -0.25) is 0 Å². The van der Waals surface area contributed by atoms with E-state index < -0.39 is 0 Å². The van der Waals surface area contributed by atoms with Crippen molar-refractivity contribution in [3.05, 3.63) is 18.1 Å². The van der Waals surface area contributed by atoms with Crippen LogP contribution in [0.3, 0.4) is 0 Å². The number of anilines is 1. The molecule has 2 unspecified atom stereocenters. The molecule has 3 heterocycles. The highest BCUT2D eigenvalue weighted by molar-refractivity contribution is 5.38. The number of rotatable bonds is 2. The van der Waals surface area contributed by atoms with Crippen molar-refractivity contribution in [1.82, 2.24) is 9.97 Å². The monoisotopic (exact) mass is 260 g/mol. The summed E-state index contributed by atoms with van der Waals surface area (Å²) in [5.41, 5.74) is 0.340. The lowest BCUT2D eigenvalue weighted by molar-refractivity contribution is -0.0544. The Morgan fingerprint density at radius 2 is 2.11 bits per heavy atom. The molecule has 2 atom stereocenters. The van der Waals surface area contributed by atoms with Gasteiger partial charge >= 0.3 is 0 Å². The second-order valence-corrected chi connectivity index (χ2v) is 4.78. The molecule has 0 spiro atoms. The van der Waals surface area contributed by atoms with Gasteiger partial charge in [-0.05, 0) is 12.8 Å². The summed E-state index contributed by atoms with van der Waals surface area (Å²) in [6.07, 6.45) is 5.64. The summed E-state index contributed by atoms with van der Waals surface area (Å²) >= 11 is 0. The first-order valence-corrected chi connectivity index (χ1v) is 6.57. The maximum atomic E-state index is 8.72. The quantitative estimate of drug-likeness (QED) is 0.780. The zero-order chi connectivity index (χ0) is 13.1. The highest BCUT2D eigenvalue weighted by Gasteiger charge is 2.31. The Morgan fingerprint density at radius 3 is 2.79 bits per heavy atom. The van der Waals surface area contributed by atoms with Crippen LogP contribution < -0.4 is 4.90 Å². The third-order valence-electron chi connectivity index (χ3n) is 3.55. The van der Waals surface area contributed by atoms with Gasteiger partial charge in [0.25, 0.3) is 0 Å². The highest BCUT2D eigenvalue weighted by Crippen LogP contribution is 2.22. The summed E-state index contributed by atoms with van der Waals surface area (Å²) in [5.74, 6) is 0.797. The lowest BCUT2D eigenvalue weighted by atomic mass is 10.1. The van der Waals surface area contributed by atoms with Gasteiger partial charge in [0.1, 0.15) is 18.0 Å². The minimum Gasteiger partial charge on any atom is -0.375 e. The molecule has 1 aromatic heterocycles. The van der Waals surface area contributed by atoms with E-state index in [0.29, 0.717) is 12.3 Å². The molecule has 1 aromatic rings. The van der Waals surface area contributed by atoms with Gasteiger partial charge in [0, 0.05) is 19.7 Å². The highest BCUT2D eigenvalue weighted by atomic mass is 16.5. The number of aromatic nitrogens is 2. The molecule has 2 fully saturated rings. The average molecular weight is 260 g/mol. The minimum atomic E-state index is 0.105. The van der Waals surface area contributed by atoms with E-state index in [2.05, 4.69) is 14.9 Å². The third kappa shape index (κ3) is 2.67. The van der Waals surface area contributed by atoms with Crippen LogP contribution in [0.5, 0.6) is 0 Å². The van der Waals surface area contributed by atoms with Crippen molar-refractivity contribution in [2.75, 3.05) is 31.2 Å². The van der Waals surface area contributed by atoms with E-state index in [1.807, 2.05) is 6.07 Å². The molecule has 6 heteroatoms. The van der Waals surface area contributed by atoms with E-state index in [4.69, 9.17) is 14.7 Å². The number of ether oxygens (including phenoxy) is 2. The molecule has 2 saturated heterocycles. The number of hydrogen-bond donors (Lipinski definition) is 0. The van der Waals surface area contributed by atoms with Crippen molar-refractivity contribution < 1.29 is 9.47 Å². The number of morpholine rings is 1. The maximum absolute atomic E-state index is 8.72. The molecule has 2 aliphatic heterocycles. The summed E-state index contributed by atoms with van der Waals surface area (Å²) in [6, 6.07) is 1.97. The molecule has 0 bridgehead atoms. The SMILES string of the molecule is N#Cc1cnc(N2CCOC(C3CCCO3)C2)cn1. The van der Waals surface area contributed by atoms with Crippen LogP contribution in [0.1, 0.15) is 18.5 Å². The van der Waals surface area contributed by atoms with Crippen molar-refractivity contribution in [1.29, 1.82) is 5.26 Å². The Kier molecular flexibility index (Phi) is 3.58. The topological polar surface area (TPSA) is 71.3 Å². The first-order chi connectivity index (χ1) is 9.36. The van der Waals surface area contributed by atoms with Gasteiger partial charge in [0.2, 0.25) is 0 Å². The van der Waals surface area contributed by atoms with Crippen molar-refractivity contribution >= 4 is 5.82 Å². The van der Waals surface area contributed by atoms with Gasteiger partial charge in [-0.2, -0.15) is 5.26 Å². The first kappa shape index (κ1) is 12.3. The largest absolute Gasteiger partial charge is 0.375 e. The fourth-order valence-corrected chi connectivity index (χ4v) is 2.55. The summed E-state index contributed by atoms with van der Waals surface area (Å²) in [5, 5.41) is 8.72. The van der Waals surface area contributed by atoms with Crippen LogP contribution in [-0.4, -0.2) is 48.5 Å². The van der Waals surface area contributed by atoms with Gasteiger partial charge in [-0.15, -0.1) is 0 Å². The van der Waals surface area contributed by atoms with Crippen LogP contribution >= 0.6 is 0 Å². The molecule has 0 saturated carbocycles. The molecule has 0 N–H and O–H groups in total. The zero-order valence-electron chi connectivity index (χ0n) is 10.7. The molecule has 0 aromatic carbocycles. The smallest absolute Gasteiger partial charge is 0.158 e. The fraction of sp³-hybridized carbons (Fsp3) is 0.615. The van der Waals surface area contributed by atoms with Gasteiger partial charge in [-0.25, -0.2) is 9.97 Å². The minimum absolute atomic E-state index is 0.105. The molecule has 0 aliphatic carbocycles. The molecule has 0 amide bonds. The molecule has 2 aliphatic rings. The zero-order valence-corrected chi connectivity index (χ0v) is 10.7. The molecule has 0 radical (unpaired) electrons. The Morgan fingerprint density at radius 1 is 1.21 bits per heavy atom. The van der Waals surface area contributed by atoms with E-state index in [9.17, 15) is 0 Å². The number of nitriles is 1. The van der Waals surface area contributed by atoms with Crippen LogP contribution in [0.2, 0.25) is 0 Å². The molecular formula is C13H16N4O2. The van der Waals surface area contributed by atoms with Crippen LogP contribution in [0.15, 0.2) is 12.4 Å². The van der Waals surface area contributed by atoms with E-state index in [0.717, 1.165) is 38.4 Å². The second kappa shape index (κ2) is 5.51. The predicted octanol–water partition coefficient (Wildman–Crippen LogP) is 0.732. The lowest BCUT2D eigenvalue weighted by Crippen LogP contribution is -2.48. The molecule has 6 nitrogen and oxygen atoms in total. The van der Waals surface area contributed by atoms with Crippen LogP contribution in [0, 0.1) is 11.3 Å². The average Bonchev–Trinajstić information content (AvgIpc) is 3.02. The van der Waals surface area contributed by atoms with Gasteiger partial charge in [0.15, 0.2) is 5.69 Å². The van der Waals surface area contributed by atoms with Crippen LogP contribution in [0.25, 0.3) is 0 Å². The van der Waals surface area contributed by atoms with Crippen molar-refractivity contribution in [2.45, 2.75) is 25.0 Å². The van der Waals surface area contributed by atoms with E-state index >= 15 is 0 Å². The van der Waals surface area contributed by atoms with Crippen LogP contribution in [0.4, 0.5) is 5.82 Å². The Hall–Kier alpha value is -1.71. The summed E-state index contributed by atoms with van der Waals surface area (Å²) < 4.78 is 11.5. The summed E-state index contributed by atoms with van der Waals surface area (Å²) in [6.45, 7) is 3.07. The Balaban J connectivity index is 1.68. The van der Waals surface area contributed by atoms with Gasteiger partial charge < -0.3 is 14.4 Å². The number of nitrogens with zero attached hydrogens (tertiary/aromatic N) is 4. The molecule has 19 heavy (non-hydrogen) atoms. The Bertz CT molecular complexity index is 465. The summed E-state index contributed by atoms with van der Waals surface area (Å²) in [4.78, 5) is 10.5. The second-order valence-electron chi connectivity index (χ2n) is 4.78. The normalized spacial score (nSPS) is 27.2. The van der Waals surface area contributed by atoms with E-state index in [1.165, 1.54) is 6.20 Å².